The quantitative estimate of drug-likeness (QED) is 0.632. The van der Waals surface area contributed by atoms with Gasteiger partial charge in [0.1, 0.15) is 11.5 Å². The summed E-state index contributed by atoms with van der Waals surface area (Å²) in [5, 5.41) is 2.91. The minimum atomic E-state index is -0.558. The average Bonchev–Trinajstić information content (AvgIpc) is 3.09. The number of aryl methyl sites for hydroxylation is 1. The summed E-state index contributed by atoms with van der Waals surface area (Å²) in [5.74, 6) is 1.26. The summed E-state index contributed by atoms with van der Waals surface area (Å²) in [6.45, 7) is 3.12. The number of hydrogen-bond donors (Lipinski definition) is 1. The highest BCUT2D eigenvalue weighted by molar-refractivity contribution is 5.80. The van der Waals surface area contributed by atoms with Gasteiger partial charge in [0.25, 0.3) is 5.91 Å². The maximum Gasteiger partial charge on any atom is 0.260 e. The molecule has 2 aromatic carbocycles. The predicted octanol–water partition coefficient (Wildman–Crippen LogP) is 3.02. The number of methoxy groups -OCH3 is 1. The molecule has 1 unspecified atom stereocenters. The van der Waals surface area contributed by atoms with Gasteiger partial charge in [-0.3, -0.25) is 4.79 Å². The van der Waals surface area contributed by atoms with Crippen molar-refractivity contribution in [2.75, 3.05) is 13.7 Å². The van der Waals surface area contributed by atoms with E-state index in [1.165, 1.54) is 0 Å². The number of benzene rings is 2. The molecule has 0 radical (unpaired) electrons. The van der Waals surface area contributed by atoms with E-state index in [1.54, 1.807) is 38.3 Å². The molecule has 0 fully saturated rings. The Balaban J connectivity index is 1.43. The SMILES string of the molecule is COc1ccc(OC(C)C(=O)NCCCn2cnc3ccccc32)cc1. The van der Waals surface area contributed by atoms with Crippen molar-refractivity contribution in [3.8, 4) is 11.5 Å². The molecule has 1 atom stereocenters. The van der Waals surface area contributed by atoms with Gasteiger partial charge < -0.3 is 19.4 Å². The minimum Gasteiger partial charge on any atom is -0.497 e. The van der Waals surface area contributed by atoms with E-state index in [0.717, 1.165) is 29.7 Å². The molecule has 0 saturated heterocycles. The summed E-state index contributed by atoms with van der Waals surface area (Å²) in [7, 11) is 1.61. The first-order valence-electron chi connectivity index (χ1n) is 8.65. The van der Waals surface area contributed by atoms with Crippen molar-refractivity contribution >= 4 is 16.9 Å². The van der Waals surface area contributed by atoms with Gasteiger partial charge in [-0.05, 0) is 49.7 Å². The number of ether oxygens (including phenoxy) is 2. The van der Waals surface area contributed by atoms with Crippen LogP contribution in [0.5, 0.6) is 11.5 Å². The Morgan fingerprint density at radius 3 is 2.65 bits per heavy atom. The molecule has 6 heteroatoms. The number of nitrogens with one attached hydrogen (secondary N) is 1. The Hall–Kier alpha value is -3.02. The van der Waals surface area contributed by atoms with Crippen molar-refractivity contribution in [3.05, 3.63) is 54.9 Å². The summed E-state index contributed by atoms with van der Waals surface area (Å²) < 4.78 is 12.9. The van der Waals surface area contributed by atoms with E-state index >= 15 is 0 Å². The van der Waals surface area contributed by atoms with Gasteiger partial charge in [0.15, 0.2) is 6.10 Å². The highest BCUT2D eigenvalue weighted by Gasteiger charge is 2.14. The van der Waals surface area contributed by atoms with E-state index in [2.05, 4.69) is 14.9 Å². The highest BCUT2D eigenvalue weighted by atomic mass is 16.5. The molecule has 3 aromatic rings. The van der Waals surface area contributed by atoms with Crippen LogP contribution in [0.15, 0.2) is 54.9 Å². The van der Waals surface area contributed by atoms with Gasteiger partial charge in [-0.2, -0.15) is 0 Å². The predicted molar refractivity (Wildman–Crippen MR) is 100 cm³/mol. The molecule has 26 heavy (non-hydrogen) atoms. The molecular weight excluding hydrogens is 330 g/mol. The summed E-state index contributed by atoms with van der Waals surface area (Å²) in [6.07, 6.45) is 2.10. The number of para-hydroxylation sites is 2. The van der Waals surface area contributed by atoms with Crippen LogP contribution in [0.4, 0.5) is 0 Å². The molecule has 3 rings (SSSR count). The Labute approximate surface area is 152 Å². The molecule has 0 saturated carbocycles. The lowest BCUT2D eigenvalue weighted by molar-refractivity contribution is -0.127. The third-order valence-electron chi connectivity index (χ3n) is 4.14. The zero-order valence-corrected chi connectivity index (χ0v) is 15.0. The monoisotopic (exact) mass is 353 g/mol. The Bertz CT molecular complexity index is 858. The third-order valence-corrected chi connectivity index (χ3v) is 4.14. The summed E-state index contributed by atoms with van der Waals surface area (Å²) in [4.78, 5) is 16.5. The van der Waals surface area contributed by atoms with Crippen molar-refractivity contribution in [3.63, 3.8) is 0 Å². The number of amides is 1. The average molecular weight is 353 g/mol. The topological polar surface area (TPSA) is 65.4 Å². The van der Waals surface area contributed by atoms with Crippen molar-refractivity contribution in [2.24, 2.45) is 0 Å². The van der Waals surface area contributed by atoms with Crippen LogP contribution < -0.4 is 14.8 Å². The first kappa shape index (κ1) is 17.8. The number of carbonyl (C=O) groups excluding carboxylic acids is 1. The van der Waals surface area contributed by atoms with E-state index in [0.29, 0.717) is 12.3 Å². The van der Waals surface area contributed by atoms with Gasteiger partial charge in [-0.1, -0.05) is 12.1 Å². The number of carbonyl (C=O) groups is 1. The lowest BCUT2D eigenvalue weighted by Gasteiger charge is -2.15. The van der Waals surface area contributed by atoms with Crippen LogP contribution in [0.25, 0.3) is 11.0 Å². The minimum absolute atomic E-state index is 0.128. The van der Waals surface area contributed by atoms with Gasteiger partial charge >= 0.3 is 0 Å². The molecule has 1 aromatic heterocycles. The number of rotatable bonds is 8. The number of fused-ring (bicyclic) bond motifs is 1. The third kappa shape index (κ3) is 4.33. The molecule has 1 N–H and O–H groups in total. The van der Waals surface area contributed by atoms with Crippen LogP contribution in [-0.2, 0) is 11.3 Å². The van der Waals surface area contributed by atoms with Crippen LogP contribution in [0.3, 0.4) is 0 Å². The zero-order chi connectivity index (χ0) is 18.4. The van der Waals surface area contributed by atoms with Gasteiger partial charge in [-0.15, -0.1) is 0 Å². The largest absolute Gasteiger partial charge is 0.497 e. The summed E-state index contributed by atoms with van der Waals surface area (Å²) in [6, 6.07) is 15.2. The molecule has 0 aliphatic carbocycles. The van der Waals surface area contributed by atoms with E-state index in [-0.39, 0.29) is 5.91 Å². The second-order valence-electron chi connectivity index (χ2n) is 6.01. The normalized spacial score (nSPS) is 11.9. The zero-order valence-electron chi connectivity index (χ0n) is 15.0. The van der Waals surface area contributed by atoms with Crippen molar-refractivity contribution in [1.29, 1.82) is 0 Å². The van der Waals surface area contributed by atoms with Gasteiger partial charge in [0.05, 0.1) is 24.5 Å². The fraction of sp³-hybridized carbons (Fsp3) is 0.300. The molecule has 136 valence electrons. The van der Waals surface area contributed by atoms with Crippen LogP contribution in [0.2, 0.25) is 0 Å². The number of hydrogen-bond acceptors (Lipinski definition) is 4. The van der Waals surface area contributed by atoms with E-state index in [9.17, 15) is 4.79 Å². The number of imidazole rings is 1. The van der Waals surface area contributed by atoms with Gasteiger partial charge in [0.2, 0.25) is 0 Å². The molecule has 6 nitrogen and oxygen atoms in total. The number of nitrogens with zero attached hydrogens (tertiary/aromatic N) is 2. The van der Waals surface area contributed by atoms with Crippen LogP contribution in [-0.4, -0.2) is 35.2 Å². The van der Waals surface area contributed by atoms with E-state index in [1.807, 2.05) is 30.6 Å². The van der Waals surface area contributed by atoms with Crippen LogP contribution >= 0.6 is 0 Å². The highest BCUT2D eigenvalue weighted by Crippen LogP contribution is 2.18. The standard InChI is InChI=1S/C20H23N3O3/c1-15(26-17-10-8-16(25-2)9-11-17)20(24)21-12-5-13-23-14-22-18-6-3-4-7-19(18)23/h3-4,6-11,14-15H,5,12-13H2,1-2H3,(H,21,24). The van der Waals surface area contributed by atoms with Gasteiger partial charge in [0, 0.05) is 13.1 Å². The molecule has 0 aliphatic heterocycles. The van der Waals surface area contributed by atoms with E-state index < -0.39 is 6.10 Å². The summed E-state index contributed by atoms with van der Waals surface area (Å²) >= 11 is 0. The number of aromatic nitrogens is 2. The van der Waals surface area contributed by atoms with Crippen molar-refractivity contribution in [1.82, 2.24) is 14.9 Å². The second-order valence-corrected chi connectivity index (χ2v) is 6.01. The smallest absolute Gasteiger partial charge is 0.260 e. The molecule has 0 bridgehead atoms. The maximum atomic E-state index is 12.2. The molecule has 1 heterocycles. The lowest BCUT2D eigenvalue weighted by Crippen LogP contribution is -2.37. The van der Waals surface area contributed by atoms with Crippen molar-refractivity contribution < 1.29 is 14.3 Å². The Morgan fingerprint density at radius 2 is 1.88 bits per heavy atom. The molecule has 1 amide bonds. The van der Waals surface area contributed by atoms with Crippen LogP contribution in [0.1, 0.15) is 13.3 Å². The lowest BCUT2D eigenvalue weighted by atomic mass is 10.3. The first-order valence-corrected chi connectivity index (χ1v) is 8.65. The second kappa shape index (κ2) is 8.38. The van der Waals surface area contributed by atoms with Crippen molar-refractivity contribution in [2.45, 2.75) is 26.0 Å². The fourth-order valence-corrected chi connectivity index (χ4v) is 2.71. The summed E-state index contributed by atoms with van der Waals surface area (Å²) in [5.41, 5.74) is 2.09. The Kier molecular flexibility index (Phi) is 5.73. The first-order chi connectivity index (χ1) is 12.7. The van der Waals surface area contributed by atoms with Gasteiger partial charge in [-0.25, -0.2) is 4.98 Å². The van der Waals surface area contributed by atoms with Crippen LogP contribution in [0, 0.1) is 0 Å². The molecule has 0 aliphatic rings. The van der Waals surface area contributed by atoms with E-state index in [4.69, 9.17) is 9.47 Å². The molecule has 0 spiro atoms. The fourth-order valence-electron chi connectivity index (χ4n) is 2.71. The Morgan fingerprint density at radius 1 is 1.15 bits per heavy atom. The maximum absolute atomic E-state index is 12.2. The molecular formula is C20H23N3O3.